The lowest BCUT2D eigenvalue weighted by Gasteiger charge is -2.43. The van der Waals surface area contributed by atoms with Gasteiger partial charge in [-0.2, -0.15) is 0 Å². The SMILES string of the molecule is COc1cc(/C=C/C(=O)O[C@H]2C[C@@H]3C(C(=O)O)=CO[C@@H](O[C@@H]4O[C@H](CO)[C@@H](O)[C@H](O)[C@H]4O)[C@@H]3[C@H]2C)ccc1O. The van der Waals surface area contributed by atoms with Crippen molar-refractivity contribution in [1.82, 2.24) is 0 Å². The molecular weight excluding hydrogens is 520 g/mol. The lowest BCUT2D eigenvalue weighted by Crippen LogP contribution is -2.60. The summed E-state index contributed by atoms with van der Waals surface area (Å²) in [6, 6.07) is 4.54. The van der Waals surface area contributed by atoms with Crippen molar-refractivity contribution >= 4 is 18.0 Å². The first-order valence-electron chi connectivity index (χ1n) is 12.4. The molecule has 1 aromatic rings. The molecule has 13 heteroatoms. The van der Waals surface area contributed by atoms with Crippen molar-refractivity contribution in [3.05, 3.63) is 41.7 Å². The number of aliphatic hydroxyl groups is 4. The van der Waals surface area contributed by atoms with Crippen molar-refractivity contribution in [1.29, 1.82) is 0 Å². The molecule has 2 fully saturated rings. The average molecular weight is 553 g/mol. The Labute approximate surface area is 223 Å². The Morgan fingerprint density at radius 3 is 2.54 bits per heavy atom. The monoisotopic (exact) mass is 552 g/mol. The van der Waals surface area contributed by atoms with Gasteiger partial charge < -0.3 is 54.3 Å². The van der Waals surface area contributed by atoms with Crippen molar-refractivity contribution in [3.8, 4) is 11.5 Å². The summed E-state index contributed by atoms with van der Waals surface area (Å²) in [5.74, 6) is -3.44. The van der Waals surface area contributed by atoms with Gasteiger partial charge >= 0.3 is 11.9 Å². The number of carboxylic acids is 1. The fourth-order valence-corrected chi connectivity index (χ4v) is 5.28. The largest absolute Gasteiger partial charge is 0.504 e. The van der Waals surface area contributed by atoms with E-state index < -0.39 is 79.4 Å². The van der Waals surface area contributed by atoms with Crippen molar-refractivity contribution in [2.45, 2.75) is 56.4 Å². The van der Waals surface area contributed by atoms with Crippen LogP contribution in [0.25, 0.3) is 6.08 Å². The standard InChI is InChI=1S/C26H32O13/c1-11-16(37-19(29)6-4-12-3-5-15(28)17(7-12)35-2)8-13-14(24(33)34)10-36-25(20(11)13)39-26-23(32)22(31)21(30)18(9-27)38-26/h3-7,10-11,13,16,18,20-23,25-28,30-32H,8-9H2,1-2H3,(H,33,34)/b6-4+/t11-,13+,16-,18+,20+,21+,22-,23+,25-,26-/m0/s1. The summed E-state index contributed by atoms with van der Waals surface area (Å²) in [5, 5.41) is 59.3. The molecule has 39 heavy (non-hydrogen) atoms. The number of hydrogen-bond donors (Lipinski definition) is 6. The number of esters is 1. The summed E-state index contributed by atoms with van der Waals surface area (Å²) in [4.78, 5) is 24.5. The zero-order valence-electron chi connectivity index (χ0n) is 21.2. The first-order valence-corrected chi connectivity index (χ1v) is 12.4. The highest BCUT2D eigenvalue weighted by Crippen LogP contribution is 2.48. The molecule has 1 saturated carbocycles. The number of carboxylic acid groups (broad SMARTS) is 1. The average Bonchev–Trinajstić information content (AvgIpc) is 3.24. The molecule has 0 unspecified atom stereocenters. The first kappa shape index (κ1) is 28.8. The Balaban J connectivity index is 1.48. The number of carbonyl (C=O) groups is 2. The minimum absolute atomic E-state index is 0.0363. The maximum absolute atomic E-state index is 12.6. The zero-order valence-corrected chi connectivity index (χ0v) is 21.2. The molecule has 6 N–H and O–H groups in total. The van der Waals surface area contributed by atoms with Gasteiger partial charge in [-0.3, -0.25) is 0 Å². The summed E-state index contributed by atoms with van der Waals surface area (Å²) in [6.07, 6.45) is -5.60. The Bertz CT molecular complexity index is 1120. The number of rotatable bonds is 8. The van der Waals surface area contributed by atoms with Crippen molar-refractivity contribution < 1.29 is 63.9 Å². The van der Waals surface area contributed by atoms with Crippen LogP contribution in [0.1, 0.15) is 18.9 Å². The highest BCUT2D eigenvalue weighted by molar-refractivity contribution is 5.88. The van der Waals surface area contributed by atoms with E-state index in [2.05, 4.69) is 0 Å². The number of aliphatic carboxylic acids is 1. The minimum Gasteiger partial charge on any atom is -0.504 e. The van der Waals surface area contributed by atoms with Crippen LogP contribution in [0, 0.1) is 17.8 Å². The Morgan fingerprint density at radius 1 is 1.13 bits per heavy atom. The molecule has 4 rings (SSSR count). The van der Waals surface area contributed by atoms with E-state index in [0.717, 1.165) is 6.26 Å². The van der Waals surface area contributed by atoms with Crippen LogP contribution in [0.2, 0.25) is 0 Å². The molecule has 1 aliphatic carbocycles. The van der Waals surface area contributed by atoms with E-state index in [1.54, 1.807) is 13.0 Å². The number of hydrogen-bond acceptors (Lipinski definition) is 12. The molecule has 10 atom stereocenters. The van der Waals surface area contributed by atoms with E-state index in [9.17, 15) is 40.2 Å². The van der Waals surface area contributed by atoms with Crippen LogP contribution in [0.3, 0.4) is 0 Å². The molecule has 0 bridgehead atoms. The number of phenolic OH excluding ortho intramolecular Hbond substituents is 1. The zero-order chi connectivity index (χ0) is 28.4. The van der Waals surface area contributed by atoms with Crippen molar-refractivity contribution in [3.63, 3.8) is 0 Å². The maximum atomic E-state index is 12.6. The van der Waals surface area contributed by atoms with Crippen LogP contribution in [0.5, 0.6) is 11.5 Å². The molecule has 3 aliphatic rings. The summed E-state index contributed by atoms with van der Waals surface area (Å²) in [5.41, 5.74) is 0.540. The van der Waals surface area contributed by atoms with E-state index in [4.69, 9.17) is 23.7 Å². The van der Waals surface area contributed by atoms with Gasteiger partial charge in [-0.05, 0) is 30.2 Å². The smallest absolute Gasteiger partial charge is 0.334 e. The van der Waals surface area contributed by atoms with Crippen molar-refractivity contribution in [2.75, 3.05) is 13.7 Å². The normalized spacial score (nSPS) is 36.1. The second kappa shape index (κ2) is 11.9. The predicted molar refractivity (Wildman–Crippen MR) is 130 cm³/mol. The molecule has 214 valence electrons. The number of aromatic hydroxyl groups is 1. The molecule has 1 saturated heterocycles. The number of carbonyl (C=O) groups excluding carboxylic acids is 1. The van der Waals surface area contributed by atoms with Gasteiger partial charge in [-0.15, -0.1) is 0 Å². The molecule has 0 amide bonds. The molecule has 0 radical (unpaired) electrons. The van der Waals surface area contributed by atoms with Crippen LogP contribution in [-0.4, -0.2) is 99.4 Å². The van der Waals surface area contributed by atoms with E-state index in [0.29, 0.717) is 5.56 Å². The topological polar surface area (TPSA) is 202 Å². The molecule has 13 nitrogen and oxygen atoms in total. The highest BCUT2D eigenvalue weighted by atomic mass is 16.8. The molecule has 0 spiro atoms. The Morgan fingerprint density at radius 2 is 1.87 bits per heavy atom. The number of benzene rings is 1. The van der Waals surface area contributed by atoms with Crippen LogP contribution < -0.4 is 4.74 Å². The van der Waals surface area contributed by atoms with Crippen LogP contribution in [0.4, 0.5) is 0 Å². The third kappa shape index (κ3) is 5.88. The van der Waals surface area contributed by atoms with Crippen LogP contribution in [0.15, 0.2) is 36.1 Å². The lowest BCUT2D eigenvalue weighted by atomic mass is 9.83. The first-order chi connectivity index (χ1) is 18.5. The van der Waals surface area contributed by atoms with Crippen molar-refractivity contribution in [2.24, 2.45) is 17.8 Å². The number of methoxy groups -OCH3 is 1. The summed E-state index contributed by atoms with van der Waals surface area (Å²) in [7, 11) is 1.40. The number of ether oxygens (including phenoxy) is 5. The van der Waals surface area contributed by atoms with Gasteiger partial charge in [-0.1, -0.05) is 13.0 Å². The second-order valence-corrected chi connectivity index (χ2v) is 9.73. The molecule has 0 aromatic heterocycles. The van der Waals surface area contributed by atoms with E-state index in [1.165, 1.54) is 31.4 Å². The summed E-state index contributed by atoms with van der Waals surface area (Å²) >= 11 is 0. The quantitative estimate of drug-likeness (QED) is 0.182. The van der Waals surface area contributed by atoms with Gasteiger partial charge in [-0.25, -0.2) is 9.59 Å². The van der Waals surface area contributed by atoms with Gasteiger partial charge in [0.2, 0.25) is 6.29 Å². The second-order valence-electron chi connectivity index (χ2n) is 9.73. The number of phenols is 1. The van der Waals surface area contributed by atoms with Crippen LogP contribution in [-0.2, 0) is 28.5 Å². The predicted octanol–water partition coefficient (Wildman–Crippen LogP) is -0.261. The summed E-state index contributed by atoms with van der Waals surface area (Å²) in [6.45, 7) is 1.10. The minimum atomic E-state index is -1.68. The number of aliphatic hydroxyl groups excluding tert-OH is 4. The molecule has 2 aliphatic heterocycles. The van der Waals surface area contributed by atoms with Gasteiger partial charge in [0.05, 0.1) is 25.6 Å². The van der Waals surface area contributed by atoms with E-state index in [-0.39, 0.29) is 23.5 Å². The number of fused-ring (bicyclic) bond motifs is 1. The fraction of sp³-hybridized carbons (Fsp3) is 0.538. The van der Waals surface area contributed by atoms with E-state index in [1.807, 2.05) is 0 Å². The van der Waals surface area contributed by atoms with Gasteiger partial charge in [0.15, 0.2) is 17.8 Å². The highest BCUT2D eigenvalue weighted by Gasteiger charge is 2.54. The molecular formula is C26H32O13. The lowest BCUT2D eigenvalue weighted by molar-refractivity contribution is -0.342. The molecule has 2 heterocycles. The summed E-state index contributed by atoms with van der Waals surface area (Å²) < 4.78 is 27.5. The molecule has 1 aromatic carbocycles. The van der Waals surface area contributed by atoms with Crippen LogP contribution >= 0.6 is 0 Å². The van der Waals surface area contributed by atoms with E-state index >= 15 is 0 Å². The fourth-order valence-electron chi connectivity index (χ4n) is 5.28. The maximum Gasteiger partial charge on any atom is 0.334 e. The Hall–Kier alpha value is -3.20. The van der Waals surface area contributed by atoms with Gasteiger partial charge in [0.1, 0.15) is 30.5 Å². The third-order valence-corrected chi connectivity index (χ3v) is 7.43. The Kier molecular flexibility index (Phi) is 8.79. The van der Waals surface area contributed by atoms with Gasteiger partial charge in [0.25, 0.3) is 0 Å². The van der Waals surface area contributed by atoms with Gasteiger partial charge in [0, 0.05) is 23.8 Å². The third-order valence-electron chi connectivity index (χ3n) is 7.43.